The molecule has 3 heterocycles. The van der Waals surface area contributed by atoms with E-state index < -0.39 is 0 Å². The number of likely N-dealkylation sites (tertiary alicyclic amines) is 1. The number of nitrogen functional groups attached to an aromatic ring is 1. The highest BCUT2D eigenvalue weighted by Gasteiger charge is 2.20. The van der Waals surface area contributed by atoms with Crippen LogP contribution in [0.25, 0.3) is 5.65 Å². The van der Waals surface area contributed by atoms with E-state index in [2.05, 4.69) is 50.5 Å². The second kappa shape index (κ2) is 6.49. The minimum atomic E-state index is 0.409. The number of nitrogens with one attached hydrogen (secondary N) is 1. The van der Waals surface area contributed by atoms with Crippen molar-refractivity contribution in [3.8, 4) is 0 Å². The second-order valence-electron chi connectivity index (χ2n) is 6.35. The fourth-order valence-corrected chi connectivity index (χ4v) is 3.32. The van der Waals surface area contributed by atoms with E-state index in [4.69, 9.17) is 5.73 Å². The van der Waals surface area contributed by atoms with Gasteiger partial charge in [-0.25, -0.2) is 9.97 Å². The molecule has 0 radical (unpaired) electrons. The van der Waals surface area contributed by atoms with Gasteiger partial charge in [-0.05, 0) is 18.4 Å². The maximum absolute atomic E-state index is 5.89. The Morgan fingerprint density at radius 1 is 1.17 bits per heavy atom. The minimum absolute atomic E-state index is 0.409. The van der Waals surface area contributed by atoms with E-state index in [1.54, 1.807) is 12.4 Å². The maximum atomic E-state index is 5.89. The second-order valence-corrected chi connectivity index (χ2v) is 6.35. The molecular formula is C18H22N6. The van der Waals surface area contributed by atoms with E-state index in [9.17, 15) is 0 Å². The van der Waals surface area contributed by atoms with Crippen LogP contribution in [0.3, 0.4) is 0 Å². The van der Waals surface area contributed by atoms with Crippen molar-refractivity contribution in [1.29, 1.82) is 0 Å². The first-order valence-corrected chi connectivity index (χ1v) is 8.40. The molecule has 3 aromatic rings. The average molecular weight is 322 g/mol. The van der Waals surface area contributed by atoms with Crippen LogP contribution in [0, 0.1) is 0 Å². The highest BCUT2D eigenvalue weighted by Crippen LogP contribution is 2.20. The van der Waals surface area contributed by atoms with E-state index in [0.29, 0.717) is 11.9 Å². The van der Waals surface area contributed by atoms with Gasteiger partial charge in [-0.3, -0.25) is 4.90 Å². The van der Waals surface area contributed by atoms with E-state index in [-0.39, 0.29) is 0 Å². The summed E-state index contributed by atoms with van der Waals surface area (Å²) in [5.74, 6) is 1.28. The molecular weight excluding hydrogens is 300 g/mol. The van der Waals surface area contributed by atoms with Crippen molar-refractivity contribution in [3.05, 3.63) is 54.5 Å². The molecule has 1 aliphatic rings. The summed E-state index contributed by atoms with van der Waals surface area (Å²) in [5, 5.41) is 3.53. The zero-order chi connectivity index (χ0) is 16.4. The number of rotatable bonds is 4. The summed E-state index contributed by atoms with van der Waals surface area (Å²) >= 11 is 0. The van der Waals surface area contributed by atoms with Crippen molar-refractivity contribution in [2.45, 2.75) is 25.4 Å². The van der Waals surface area contributed by atoms with Crippen molar-refractivity contribution >= 4 is 17.3 Å². The lowest BCUT2D eigenvalue weighted by Crippen LogP contribution is -2.38. The lowest BCUT2D eigenvalue weighted by atomic mass is 10.0. The number of hydrogen-bond acceptors (Lipinski definition) is 5. The predicted molar refractivity (Wildman–Crippen MR) is 95.8 cm³/mol. The number of nitrogens with two attached hydrogens (primary N) is 1. The van der Waals surface area contributed by atoms with Gasteiger partial charge in [0.15, 0.2) is 11.5 Å². The van der Waals surface area contributed by atoms with Gasteiger partial charge in [-0.2, -0.15) is 0 Å². The molecule has 0 spiro atoms. The number of benzene rings is 1. The van der Waals surface area contributed by atoms with Crippen LogP contribution in [-0.2, 0) is 6.54 Å². The van der Waals surface area contributed by atoms with Crippen LogP contribution in [0.4, 0.5) is 11.6 Å². The van der Waals surface area contributed by atoms with Crippen LogP contribution < -0.4 is 11.1 Å². The Bertz CT molecular complexity index is 805. The van der Waals surface area contributed by atoms with Gasteiger partial charge in [-0.1, -0.05) is 30.3 Å². The smallest absolute Gasteiger partial charge is 0.180 e. The molecule has 6 nitrogen and oxygen atoms in total. The normalized spacial score (nSPS) is 16.5. The van der Waals surface area contributed by atoms with Crippen LogP contribution in [0.2, 0.25) is 0 Å². The molecule has 1 saturated heterocycles. The van der Waals surface area contributed by atoms with Gasteiger partial charge in [0.1, 0.15) is 5.82 Å². The largest absolute Gasteiger partial charge is 0.382 e. The van der Waals surface area contributed by atoms with Crippen molar-refractivity contribution < 1.29 is 0 Å². The quantitative estimate of drug-likeness (QED) is 0.772. The standard InChI is InChI=1S/C18H22N6/c19-16-13-24-11-8-20-18(24)17(22-16)21-15-6-9-23(10-7-15)12-14-4-2-1-3-5-14/h1-5,8,11,13,15H,6-7,9-10,12,19H2,(H,21,22). The topological polar surface area (TPSA) is 71.5 Å². The Kier molecular flexibility index (Phi) is 4.04. The van der Waals surface area contributed by atoms with Crippen molar-refractivity contribution in [3.63, 3.8) is 0 Å². The van der Waals surface area contributed by atoms with Crippen LogP contribution >= 0.6 is 0 Å². The fourth-order valence-electron chi connectivity index (χ4n) is 3.32. The van der Waals surface area contributed by atoms with E-state index in [0.717, 1.165) is 43.9 Å². The highest BCUT2D eigenvalue weighted by atomic mass is 15.2. The van der Waals surface area contributed by atoms with Gasteiger partial charge in [0.2, 0.25) is 0 Å². The van der Waals surface area contributed by atoms with Gasteiger partial charge in [0.25, 0.3) is 0 Å². The summed E-state index contributed by atoms with van der Waals surface area (Å²) in [6.45, 7) is 3.19. The summed E-state index contributed by atoms with van der Waals surface area (Å²) in [6, 6.07) is 11.1. The zero-order valence-electron chi connectivity index (χ0n) is 13.6. The van der Waals surface area contributed by atoms with Crippen molar-refractivity contribution in [2.24, 2.45) is 0 Å². The molecule has 0 unspecified atom stereocenters. The minimum Gasteiger partial charge on any atom is -0.382 e. The molecule has 6 heteroatoms. The molecule has 0 bridgehead atoms. The summed E-state index contributed by atoms with van der Waals surface area (Å²) in [7, 11) is 0. The molecule has 0 amide bonds. The molecule has 1 fully saturated rings. The van der Waals surface area contributed by atoms with Crippen molar-refractivity contribution in [2.75, 3.05) is 24.1 Å². The van der Waals surface area contributed by atoms with E-state index in [1.165, 1.54) is 5.56 Å². The maximum Gasteiger partial charge on any atom is 0.180 e. The number of hydrogen-bond donors (Lipinski definition) is 2. The number of piperidine rings is 1. The predicted octanol–water partition coefficient (Wildman–Crippen LogP) is 2.39. The molecule has 1 aliphatic heterocycles. The third-order valence-corrected chi connectivity index (χ3v) is 4.57. The molecule has 2 aromatic heterocycles. The van der Waals surface area contributed by atoms with Gasteiger partial charge in [0, 0.05) is 38.1 Å². The summed E-state index contributed by atoms with van der Waals surface area (Å²) in [6.07, 6.45) is 7.63. The third-order valence-electron chi connectivity index (χ3n) is 4.57. The molecule has 0 aliphatic carbocycles. The molecule has 124 valence electrons. The number of nitrogens with zero attached hydrogens (tertiary/aromatic N) is 4. The van der Waals surface area contributed by atoms with Crippen LogP contribution in [0.5, 0.6) is 0 Å². The van der Waals surface area contributed by atoms with Gasteiger partial charge < -0.3 is 15.5 Å². The Morgan fingerprint density at radius 3 is 2.75 bits per heavy atom. The van der Waals surface area contributed by atoms with Crippen molar-refractivity contribution in [1.82, 2.24) is 19.3 Å². The molecule has 0 atom stereocenters. The molecule has 3 N–H and O–H groups in total. The average Bonchev–Trinajstić information content (AvgIpc) is 3.06. The monoisotopic (exact) mass is 322 g/mol. The van der Waals surface area contributed by atoms with Gasteiger partial charge >= 0.3 is 0 Å². The first-order valence-electron chi connectivity index (χ1n) is 8.40. The Morgan fingerprint density at radius 2 is 1.96 bits per heavy atom. The molecule has 4 rings (SSSR count). The number of aromatic nitrogens is 3. The zero-order valence-corrected chi connectivity index (χ0v) is 13.6. The van der Waals surface area contributed by atoms with E-state index >= 15 is 0 Å². The van der Waals surface area contributed by atoms with E-state index in [1.807, 2.05) is 10.6 Å². The molecule has 0 saturated carbocycles. The van der Waals surface area contributed by atoms with Gasteiger partial charge in [-0.15, -0.1) is 0 Å². The number of fused-ring (bicyclic) bond motifs is 1. The first kappa shape index (κ1) is 15.0. The Hall–Kier alpha value is -2.60. The highest BCUT2D eigenvalue weighted by molar-refractivity contribution is 5.65. The lowest BCUT2D eigenvalue weighted by Gasteiger charge is -2.32. The Labute approximate surface area is 141 Å². The number of imidazole rings is 1. The van der Waals surface area contributed by atoms with Crippen LogP contribution in [-0.4, -0.2) is 38.4 Å². The van der Waals surface area contributed by atoms with Gasteiger partial charge in [0.05, 0.1) is 6.20 Å². The molecule has 1 aromatic carbocycles. The Balaban J connectivity index is 1.38. The first-order chi connectivity index (χ1) is 11.8. The fraction of sp³-hybridized carbons (Fsp3) is 0.333. The summed E-state index contributed by atoms with van der Waals surface area (Å²) in [5.41, 5.74) is 8.09. The third kappa shape index (κ3) is 3.19. The number of anilines is 2. The van der Waals surface area contributed by atoms with Crippen LogP contribution in [0.1, 0.15) is 18.4 Å². The summed E-state index contributed by atoms with van der Waals surface area (Å²) < 4.78 is 1.91. The SMILES string of the molecule is Nc1cn2ccnc2c(NC2CCN(Cc3ccccc3)CC2)n1. The summed E-state index contributed by atoms with van der Waals surface area (Å²) in [4.78, 5) is 11.3. The lowest BCUT2D eigenvalue weighted by molar-refractivity contribution is 0.211. The van der Waals surface area contributed by atoms with Crippen LogP contribution in [0.15, 0.2) is 48.9 Å². The molecule has 24 heavy (non-hydrogen) atoms.